The van der Waals surface area contributed by atoms with E-state index in [9.17, 15) is 54.9 Å². The SMILES string of the molecule is CC/C=C\C[C@@H]1C(=O)C=C[C@H]1CCCCCCCC(=O)OC[C@H](CO[C@@H]1O[C@H](CO[C@H]2O[C@H](CO)[C@H](O)[C@H](O)[C@H]2O)[C@H](O)[C@H](O)[C@H]1O)OC(=O)CCCCCCC[C@@H]1C=CC(=O)[C@H]1C/C=C\CC. The normalized spacial score (nSPS) is 32.2. The van der Waals surface area contributed by atoms with Crippen molar-refractivity contribution in [3.63, 3.8) is 0 Å². The fourth-order valence-corrected chi connectivity index (χ4v) is 9.14. The zero-order valence-corrected chi connectivity index (χ0v) is 40.0. The molecular formula is C51H80O17. The molecule has 0 aromatic carbocycles. The van der Waals surface area contributed by atoms with Crippen molar-refractivity contribution in [2.75, 3.05) is 26.4 Å². The lowest BCUT2D eigenvalue weighted by atomic mass is 9.87. The first-order valence-electron chi connectivity index (χ1n) is 25.1. The summed E-state index contributed by atoms with van der Waals surface area (Å²) in [6, 6.07) is 0. The Morgan fingerprint density at radius 3 is 1.59 bits per heavy atom. The second kappa shape index (κ2) is 31.2. The van der Waals surface area contributed by atoms with Crippen molar-refractivity contribution < 1.29 is 83.3 Å². The summed E-state index contributed by atoms with van der Waals surface area (Å²) >= 11 is 0. The van der Waals surface area contributed by atoms with Gasteiger partial charge in [0.05, 0.1) is 19.8 Å². The van der Waals surface area contributed by atoms with E-state index in [2.05, 4.69) is 38.2 Å². The average Bonchev–Trinajstić information content (AvgIpc) is 3.87. The van der Waals surface area contributed by atoms with E-state index >= 15 is 0 Å². The van der Waals surface area contributed by atoms with Crippen LogP contribution in [0.5, 0.6) is 0 Å². The molecule has 0 aromatic rings. The minimum absolute atomic E-state index is 0.00956. The van der Waals surface area contributed by atoms with Gasteiger partial charge in [-0.25, -0.2) is 0 Å². The van der Waals surface area contributed by atoms with Gasteiger partial charge < -0.3 is 64.2 Å². The summed E-state index contributed by atoms with van der Waals surface area (Å²) in [5.41, 5.74) is 0. The zero-order chi connectivity index (χ0) is 49.4. The minimum atomic E-state index is -1.80. The molecule has 0 bridgehead atoms. The summed E-state index contributed by atoms with van der Waals surface area (Å²) in [4.78, 5) is 50.6. The highest BCUT2D eigenvalue weighted by Gasteiger charge is 2.48. The first kappa shape index (κ1) is 57.4. The number of ether oxygens (including phenoxy) is 6. The monoisotopic (exact) mass is 965 g/mol. The lowest BCUT2D eigenvalue weighted by molar-refractivity contribution is -0.332. The maximum Gasteiger partial charge on any atom is 0.306 e. The number of carbonyl (C=O) groups is 4. The van der Waals surface area contributed by atoms with Gasteiger partial charge in [-0.2, -0.15) is 0 Å². The van der Waals surface area contributed by atoms with Gasteiger partial charge in [0.1, 0.15) is 55.4 Å². The van der Waals surface area contributed by atoms with Gasteiger partial charge in [-0.1, -0.05) is 102 Å². The molecule has 0 amide bonds. The van der Waals surface area contributed by atoms with Crippen LogP contribution in [0.3, 0.4) is 0 Å². The van der Waals surface area contributed by atoms with Gasteiger partial charge in [-0.15, -0.1) is 0 Å². The second-order valence-corrected chi connectivity index (χ2v) is 18.6. The predicted octanol–water partition coefficient (Wildman–Crippen LogP) is 4.00. The summed E-state index contributed by atoms with van der Waals surface area (Å²) in [5, 5.41) is 72.2. The Kier molecular flexibility index (Phi) is 26.3. The summed E-state index contributed by atoms with van der Waals surface area (Å²) in [6.45, 7) is 2.08. The first-order valence-corrected chi connectivity index (χ1v) is 25.1. The number of hydrogen-bond donors (Lipinski definition) is 7. The number of esters is 2. The van der Waals surface area contributed by atoms with E-state index in [1.165, 1.54) is 0 Å². The van der Waals surface area contributed by atoms with Crippen molar-refractivity contribution in [2.24, 2.45) is 23.7 Å². The Morgan fingerprint density at radius 1 is 0.588 bits per heavy atom. The van der Waals surface area contributed by atoms with Gasteiger partial charge >= 0.3 is 11.9 Å². The number of carbonyl (C=O) groups excluding carboxylic acids is 4. The molecule has 0 saturated carbocycles. The van der Waals surface area contributed by atoms with Gasteiger partial charge in [0.25, 0.3) is 0 Å². The molecule has 2 saturated heterocycles. The number of hydrogen-bond acceptors (Lipinski definition) is 17. The molecule has 2 aliphatic heterocycles. The molecular weight excluding hydrogens is 885 g/mol. The quantitative estimate of drug-likeness (QED) is 0.0285. The van der Waals surface area contributed by atoms with Crippen LogP contribution in [0, 0.1) is 23.7 Å². The highest BCUT2D eigenvalue weighted by atomic mass is 16.7. The third-order valence-corrected chi connectivity index (χ3v) is 13.3. The highest BCUT2D eigenvalue weighted by Crippen LogP contribution is 2.32. The van der Waals surface area contributed by atoms with Crippen molar-refractivity contribution in [1.82, 2.24) is 0 Å². The lowest BCUT2D eigenvalue weighted by Gasteiger charge is -2.42. The van der Waals surface area contributed by atoms with E-state index < -0.39 is 99.3 Å². The van der Waals surface area contributed by atoms with Crippen molar-refractivity contribution >= 4 is 23.5 Å². The van der Waals surface area contributed by atoms with Crippen molar-refractivity contribution in [3.8, 4) is 0 Å². The fraction of sp³-hybridized carbons (Fsp3) is 0.765. The molecule has 15 atom stereocenters. The van der Waals surface area contributed by atoms with Crippen LogP contribution in [0.25, 0.3) is 0 Å². The fourth-order valence-electron chi connectivity index (χ4n) is 9.14. The molecule has 386 valence electrons. The second-order valence-electron chi connectivity index (χ2n) is 18.6. The van der Waals surface area contributed by atoms with Crippen LogP contribution < -0.4 is 0 Å². The maximum atomic E-state index is 13.1. The Bertz CT molecular complexity index is 1630. The summed E-state index contributed by atoms with van der Waals surface area (Å²) < 4.78 is 33.5. The van der Waals surface area contributed by atoms with E-state index in [0.29, 0.717) is 12.8 Å². The highest BCUT2D eigenvalue weighted by molar-refractivity contribution is 5.95. The molecule has 4 aliphatic rings. The number of ketones is 2. The number of aliphatic hydroxyl groups is 7. The third kappa shape index (κ3) is 18.5. The molecule has 0 aromatic heterocycles. The van der Waals surface area contributed by atoms with Crippen LogP contribution in [0.1, 0.15) is 129 Å². The van der Waals surface area contributed by atoms with Gasteiger partial charge in [-0.3, -0.25) is 19.2 Å². The molecule has 7 N–H and O–H groups in total. The standard InChI is InChI=1S/C51H80O17/c1-3-5-13-21-36-33(25-27-38(36)53)19-15-9-7-11-17-23-42(55)63-30-35(66-43(56)24-18-12-8-10-16-20-34-26-28-39(54)37(34)22-14-6-4-2)31-64-50-49(62)47(60)45(58)41(68-50)32-65-51-48(61)46(59)44(57)40(29-52)67-51/h5-6,13-14,25-28,33-37,40-41,44-52,57-62H,3-4,7-12,15-24,29-32H2,1-2H3/b13-5-,14-6-/t33-,34-,35-,36+,37+,40-,41-,44+,45+,46+,47+,48-,49-,50-,51+/m1/s1. The van der Waals surface area contributed by atoms with Crippen molar-refractivity contribution in [2.45, 2.75) is 197 Å². The Labute approximate surface area is 401 Å². The molecule has 0 unspecified atom stereocenters. The van der Waals surface area contributed by atoms with Gasteiger partial charge in [0, 0.05) is 24.7 Å². The largest absolute Gasteiger partial charge is 0.462 e. The third-order valence-electron chi connectivity index (χ3n) is 13.3. The molecule has 0 radical (unpaired) electrons. The number of aliphatic hydroxyl groups excluding tert-OH is 7. The van der Waals surface area contributed by atoms with Crippen LogP contribution in [-0.2, 0) is 47.6 Å². The van der Waals surface area contributed by atoms with E-state index in [0.717, 1.165) is 89.9 Å². The van der Waals surface area contributed by atoms with E-state index in [-0.39, 0.29) is 54.7 Å². The number of rotatable bonds is 32. The van der Waals surface area contributed by atoms with Crippen molar-refractivity contribution in [3.05, 3.63) is 48.6 Å². The molecule has 17 nitrogen and oxygen atoms in total. The summed E-state index contributed by atoms with van der Waals surface area (Å²) in [6.07, 6.45) is 12.4. The van der Waals surface area contributed by atoms with Gasteiger partial charge in [0.2, 0.25) is 0 Å². The smallest absolute Gasteiger partial charge is 0.306 e. The summed E-state index contributed by atoms with van der Waals surface area (Å²) in [7, 11) is 0. The van der Waals surface area contributed by atoms with E-state index in [1.54, 1.807) is 12.2 Å². The zero-order valence-electron chi connectivity index (χ0n) is 40.0. The van der Waals surface area contributed by atoms with Crippen LogP contribution in [0.4, 0.5) is 0 Å². The average molecular weight is 965 g/mol. The van der Waals surface area contributed by atoms with Gasteiger partial charge in [-0.05, 0) is 75.4 Å². The first-order chi connectivity index (χ1) is 32.8. The Hall–Kier alpha value is -3.20. The van der Waals surface area contributed by atoms with Gasteiger partial charge in [0.15, 0.2) is 30.3 Å². The lowest BCUT2D eigenvalue weighted by Crippen LogP contribution is -2.61. The predicted molar refractivity (Wildman–Crippen MR) is 248 cm³/mol. The molecule has 2 heterocycles. The topological polar surface area (TPSA) is 265 Å². The van der Waals surface area contributed by atoms with E-state index in [4.69, 9.17) is 28.4 Å². The van der Waals surface area contributed by atoms with Crippen LogP contribution in [-0.4, -0.2) is 153 Å². The molecule has 0 spiro atoms. The minimum Gasteiger partial charge on any atom is -0.462 e. The summed E-state index contributed by atoms with van der Waals surface area (Å²) in [5.74, 6) is -0.138. The molecule has 68 heavy (non-hydrogen) atoms. The number of unbranched alkanes of at least 4 members (excludes halogenated alkanes) is 8. The molecule has 2 aliphatic carbocycles. The maximum absolute atomic E-state index is 13.1. The van der Waals surface area contributed by atoms with Crippen molar-refractivity contribution in [1.29, 1.82) is 0 Å². The molecule has 4 rings (SSSR count). The van der Waals surface area contributed by atoms with Crippen LogP contribution in [0.15, 0.2) is 48.6 Å². The Morgan fingerprint density at radius 2 is 1.06 bits per heavy atom. The van der Waals surface area contributed by atoms with E-state index in [1.807, 2.05) is 12.2 Å². The molecule has 17 heteroatoms. The number of allylic oxidation sites excluding steroid dienone is 8. The Balaban J connectivity index is 1.23. The van der Waals surface area contributed by atoms with Crippen LogP contribution in [0.2, 0.25) is 0 Å². The van der Waals surface area contributed by atoms with Crippen LogP contribution >= 0.6 is 0 Å². The molecule has 2 fully saturated rings.